The predicted molar refractivity (Wildman–Crippen MR) is 279 cm³/mol. The summed E-state index contributed by atoms with van der Waals surface area (Å²) in [5, 5.41) is 16.2. The van der Waals surface area contributed by atoms with Crippen molar-refractivity contribution in [2.45, 2.75) is 119 Å². The van der Waals surface area contributed by atoms with E-state index in [4.69, 9.17) is 85.6 Å². The Morgan fingerprint density at radius 3 is 1.44 bits per heavy atom. The molecule has 12 rings (SSSR count). The molecule has 80 heavy (non-hydrogen) atoms. The van der Waals surface area contributed by atoms with Gasteiger partial charge in [0, 0.05) is 56.0 Å². The number of benzene rings is 2. The fourth-order valence-electron chi connectivity index (χ4n) is 8.82. The van der Waals surface area contributed by atoms with Crippen LogP contribution in [-0.4, -0.2) is 192 Å². The summed E-state index contributed by atoms with van der Waals surface area (Å²) in [6, 6.07) is 20.7. The van der Waals surface area contributed by atoms with E-state index in [-0.39, 0.29) is 395 Å². The van der Waals surface area contributed by atoms with Gasteiger partial charge in [-0.3, -0.25) is 37.0 Å². The first kappa shape index (κ1) is 92.9. The molecule has 2 aromatic carbocycles. The van der Waals surface area contributed by atoms with Crippen molar-refractivity contribution in [1.82, 2.24) is 0 Å². The number of nitrogens with two attached hydrogens (primary N) is 3. The molecule has 28 heteroatoms. The van der Waals surface area contributed by atoms with Gasteiger partial charge in [0.2, 0.25) is 0 Å². The molecule has 0 aromatic heterocycles. The van der Waals surface area contributed by atoms with Crippen LogP contribution in [0, 0.1) is 38.0 Å². The minimum Gasteiger partial charge on any atom is -0.410 e. The Morgan fingerprint density at radius 2 is 0.963 bits per heavy atom. The van der Waals surface area contributed by atoms with Gasteiger partial charge in [-0.1, -0.05) is 113 Å². The van der Waals surface area contributed by atoms with E-state index in [9.17, 15) is 0 Å². The standard InChI is InChI=1S/C14H17O2.C7H9N.C7H11O3.C6H10N3O2.C6H10NO2.C6H9O3.2C2H6O.C2H6.N3.Na.5Rb.H2/c1-2-4-11(5-3-1)6-7-12-10-16-13-8-9-15-14(12)13;8-6-7-4-2-1-3-5-7;1-8-6-4-10-5-2-3-9-7(5)6;7-9-8-4-3-11-5-1-2-10-6(4)5;2*7-4-3-9-5-1-2-8-6(4)5;2*1-3-2;1-2;1-3-2;;;;;;;/h1-5,8,12-14H,6-7,9-10H2;1-5H,6,8H2;2,5-7H,3-4H2,1H3;1,4-6H,2-3H2,(H2,7,8);1,4-6H,2-3,7H2;1,4-7H,2-3H2;2*1-2H3;1-2H3;;;;;;;;1H/q-1;;4*-1;;;;-1;6*+1;/t12-,13?,14?;;5?,6-,7?;3*4-,5?,6?;;;;;;;;;;;/m0.1001.........../s1. The molecule has 0 spiro atoms. The van der Waals surface area contributed by atoms with Crippen LogP contribution < -0.4 is 338 Å². The van der Waals surface area contributed by atoms with Crippen LogP contribution in [0.3, 0.4) is 0 Å². The molecule has 10 aliphatic heterocycles. The smallest absolute Gasteiger partial charge is 0.410 e. The minimum absolute atomic E-state index is 0. The summed E-state index contributed by atoms with van der Waals surface area (Å²) in [6.45, 7) is 11.2. The van der Waals surface area contributed by atoms with Crippen LogP contribution in [0.25, 0.3) is 16.0 Å². The number of aliphatic hydroxyl groups excluding tert-OH is 1. The number of nitrogens with zero attached hydrogens (tertiary/aromatic N) is 5. The molecule has 0 bridgehead atoms. The van der Waals surface area contributed by atoms with Crippen molar-refractivity contribution in [3.05, 3.63) is 120 Å². The zero-order chi connectivity index (χ0) is 53.9. The van der Waals surface area contributed by atoms with Gasteiger partial charge in [0.25, 0.3) is 0 Å². The quantitative estimate of drug-likeness (QED) is 0.0397. The maximum absolute atomic E-state index is 9.13. The summed E-state index contributed by atoms with van der Waals surface area (Å²) in [6.07, 6.45) is 13.6. The van der Waals surface area contributed by atoms with Gasteiger partial charge >= 0.3 is 320 Å². The van der Waals surface area contributed by atoms with E-state index in [0.29, 0.717) is 71.4 Å². The Kier molecular flexibility index (Phi) is 68.9. The molecule has 7 N–H and O–H groups in total. The monoisotopic (exact) mass is 1490 g/mol. The molecule has 10 unspecified atom stereocenters. The Bertz CT molecular complexity index is 1760. The van der Waals surface area contributed by atoms with Crippen LogP contribution in [0.15, 0.2) is 71.0 Å². The molecule has 424 valence electrons. The molecule has 0 amide bonds. The molecule has 0 aliphatic carbocycles. The maximum atomic E-state index is 9.13. The number of ether oxygens (including phenoxy) is 13. The average Bonchev–Trinajstić information content (AvgIpc) is 4.27. The Morgan fingerprint density at radius 1 is 0.575 bits per heavy atom. The zero-order valence-corrected chi connectivity index (χ0v) is 76.8. The van der Waals surface area contributed by atoms with Crippen LogP contribution in [0.1, 0.15) is 32.8 Å². The Hall–Kier alpha value is 6.54. The number of methoxy groups -OCH3 is 3. The molecule has 22 nitrogen and oxygen atoms in total. The van der Waals surface area contributed by atoms with Gasteiger partial charge in [-0.2, -0.15) is 5.11 Å². The predicted octanol–water partition coefficient (Wildman–Crippen LogP) is -13.6. The van der Waals surface area contributed by atoms with Gasteiger partial charge in [-0.25, -0.2) is 0 Å². The number of rotatable bonds is 6. The normalized spacial score (nSPS) is 31.0. The van der Waals surface area contributed by atoms with Crippen molar-refractivity contribution in [1.29, 1.82) is 0 Å². The van der Waals surface area contributed by atoms with E-state index in [0.717, 1.165) is 19.6 Å². The summed E-state index contributed by atoms with van der Waals surface area (Å²) in [5.41, 5.74) is 27.1. The van der Waals surface area contributed by atoms with Crippen molar-refractivity contribution in [3.63, 3.8) is 0 Å². The second-order valence-electron chi connectivity index (χ2n) is 17.3. The number of hydrogen-bond donors (Lipinski definition) is 4. The average molecular weight is 1500 g/mol. The Balaban J connectivity index is -0.000000274. The SMILES string of the molecule is CC.COC.COC.CO[C@@H]1COC2[CH-]COC21.NCc1ccccc1.NN=N[C@H]1COC2[CH-]COC21.N[C@H]1COC2[CH-]COC21.O[C@@H]1COC2[CH-]COC21.[HH].[N-]=[N+]=[N-].[Na+].[Rb+].[Rb+].[Rb+].[Rb+].[Rb+].c1ccc(CC[C@H]2COC3[CH-]COC32)cc1. The first-order chi connectivity index (χ1) is 36.2. The fourth-order valence-corrected chi connectivity index (χ4v) is 8.82. The largest absolute Gasteiger partial charge is 1.00 e. The first-order valence-corrected chi connectivity index (χ1v) is 25.2. The number of hydrogen-bond acceptors (Lipinski definition) is 18. The van der Waals surface area contributed by atoms with E-state index in [1.54, 1.807) is 35.5 Å². The number of aliphatic hydroxyl groups is 1. The van der Waals surface area contributed by atoms with Gasteiger partial charge in [0.15, 0.2) is 0 Å². The molecular weight excluding hydrogens is 1410 g/mol. The van der Waals surface area contributed by atoms with Crippen molar-refractivity contribution in [2.24, 2.45) is 33.6 Å². The van der Waals surface area contributed by atoms with E-state index < -0.39 is 6.10 Å². The van der Waals surface area contributed by atoms with Gasteiger partial charge < -0.3 is 95.1 Å². The summed E-state index contributed by atoms with van der Waals surface area (Å²) >= 11 is 0. The third-order valence-electron chi connectivity index (χ3n) is 12.3. The summed E-state index contributed by atoms with van der Waals surface area (Å²) in [7, 11) is 8.19. The third kappa shape index (κ3) is 35.2. The Labute approximate surface area is 745 Å². The van der Waals surface area contributed by atoms with E-state index in [1.165, 1.54) is 22.5 Å². The molecule has 0 radical (unpaired) electrons. The first-order valence-electron chi connectivity index (χ1n) is 25.2. The number of fused-ring (bicyclic) bond motifs is 5. The molecular formula is C52H86N8NaO14Rb5. The van der Waals surface area contributed by atoms with E-state index in [2.05, 4.69) is 56.6 Å². The topological polar surface area (TPSA) is 302 Å². The van der Waals surface area contributed by atoms with Crippen molar-refractivity contribution < 1.29 is 389 Å². The molecule has 10 heterocycles. The van der Waals surface area contributed by atoms with E-state index >= 15 is 0 Å². The third-order valence-corrected chi connectivity index (χ3v) is 12.3. The van der Waals surface area contributed by atoms with Gasteiger partial charge in [-0.05, 0) is 54.5 Å². The molecule has 10 saturated heterocycles. The maximum Gasteiger partial charge on any atom is 1.00 e. The van der Waals surface area contributed by atoms with E-state index in [1.807, 2.05) is 69.9 Å². The number of aryl methyl sites for hydroxylation is 1. The van der Waals surface area contributed by atoms with Crippen molar-refractivity contribution in [2.75, 3.05) is 102 Å². The van der Waals surface area contributed by atoms with Gasteiger partial charge in [0.05, 0.1) is 63.0 Å². The van der Waals surface area contributed by atoms with Gasteiger partial charge in [-0.15, -0.1) is 0 Å². The molecule has 2 aromatic rings. The second kappa shape index (κ2) is 59.3. The molecule has 15 atom stereocenters. The molecule has 10 fully saturated rings. The van der Waals surface area contributed by atoms with Crippen LogP contribution in [0.4, 0.5) is 0 Å². The second-order valence-corrected chi connectivity index (χ2v) is 17.3. The van der Waals surface area contributed by atoms with Crippen LogP contribution in [-0.2, 0) is 74.5 Å². The molecule has 0 saturated carbocycles. The minimum atomic E-state index is -0.409. The summed E-state index contributed by atoms with van der Waals surface area (Å²) in [5.74, 6) is 5.50. The van der Waals surface area contributed by atoms with Gasteiger partial charge in [0.1, 0.15) is 18.2 Å². The van der Waals surface area contributed by atoms with Crippen LogP contribution >= 0.6 is 0 Å². The summed E-state index contributed by atoms with van der Waals surface area (Å²) < 4.78 is 67.4. The van der Waals surface area contributed by atoms with Crippen LogP contribution in [0.2, 0.25) is 0 Å². The fraction of sp³-hybridized carbons (Fsp3) is 0.673. The van der Waals surface area contributed by atoms with Crippen molar-refractivity contribution >= 4 is 0 Å². The van der Waals surface area contributed by atoms with Crippen molar-refractivity contribution in [3.8, 4) is 0 Å². The van der Waals surface area contributed by atoms with Crippen LogP contribution in [0.5, 0.6) is 0 Å². The zero-order valence-electron chi connectivity index (χ0n) is 50.2. The molecule has 10 aliphatic rings. The summed E-state index contributed by atoms with van der Waals surface area (Å²) in [4.78, 5) is 1.50.